The topological polar surface area (TPSA) is 108 Å². The maximum atomic E-state index is 12.9. The number of amides is 1. The number of halogens is 3. The van der Waals surface area contributed by atoms with Crippen molar-refractivity contribution in [2.45, 2.75) is 13.1 Å². The summed E-state index contributed by atoms with van der Waals surface area (Å²) < 4.78 is 38.8. The van der Waals surface area contributed by atoms with Gasteiger partial charge in [0.2, 0.25) is 5.95 Å². The Morgan fingerprint density at radius 3 is 2.74 bits per heavy atom. The molecule has 1 aromatic carbocycles. The van der Waals surface area contributed by atoms with E-state index < -0.39 is 23.5 Å². The molecule has 5 rings (SSSR count). The van der Waals surface area contributed by atoms with E-state index in [-0.39, 0.29) is 0 Å². The Morgan fingerprint density at radius 2 is 1.97 bits per heavy atom. The van der Waals surface area contributed by atoms with E-state index in [4.69, 9.17) is 0 Å². The van der Waals surface area contributed by atoms with Crippen molar-refractivity contribution in [1.82, 2.24) is 19.9 Å². The van der Waals surface area contributed by atoms with Crippen molar-refractivity contribution < 1.29 is 18.0 Å². The van der Waals surface area contributed by atoms with Crippen LogP contribution < -0.4 is 15.5 Å². The normalized spacial score (nSPS) is 14.6. The quantitative estimate of drug-likeness (QED) is 0.587. The Morgan fingerprint density at radius 1 is 1.14 bits per heavy atom. The van der Waals surface area contributed by atoms with E-state index in [1.54, 1.807) is 25.4 Å². The summed E-state index contributed by atoms with van der Waals surface area (Å²) in [4.78, 5) is 35.1. The molecule has 0 spiro atoms. The first kappa shape index (κ1) is 22.4. The minimum atomic E-state index is -4.70. The highest BCUT2D eigenvalue weighted by Crippen LogP contribution is 2.37. The number of benzene rings is 1. The molecular weight excluding hydrogens is 461 g/mol. The van der Waals surface area contributed by atoms with Crippen LogP contribution in [0.2, 0.25) is 0 Å². The average molecular weight is 480 g/mol. The standard InChI is InChI=1S/C23H19F3N8O/c1-12-3-4-14(31-21(35)17-10-28-11-18(32-17)23(24,25)26)8-15(12)16-7-13-9-30-22(27-2)33-19(13)34-6-5-29-20(16)34/h3-4,7-11H,5-6H2,1-2H3,(H,31,35)(H,27,30,33). The molecule has 0 saturated carbocycles. The molecule has 2 aliphatic heterocycles. The van der Waals surface area contributed by atoms with Crippen LogP contribution in [-0.2, 0) is 6.18 Å². The van der Waals surface area contributed by atoms with Crippen LogP contribution in [0.15, 0.2) is 41.8 Å². The third-order valence-electron chi connectivity index (χ3n) is 5.60. The molecule has 9 nitrogen and oxygen atoms in total. The van der Waals surface area contributed by atoms with Gasteiger partial charge in [-0.05, 0) is 36.3 Å². The Kier molecular flexibility index (Phi) is 5.42. The highest BCUT2D eigenvalue weighted by molar-refractivity contribution is 6.36. The van der Waals surface area contributed by atoms with Gasteiger partial charge in [-0.25, -0.2) is 9.97 Å². The van der Waals surface area contributed by atoms with E-state index in [0.29, 0.717) is 30.9 Å². The van der Waals surface area contributed by atoms with E-state index in [2.05, 4.69) is 35.6 Å². The smallest absolute Gasteiger partial charge is 0.357 e. The Bertz CT molecular complexity index is 1400. The number of anilines is 3. The number of amidine groups is 1. The lowest BCUT2D eigenvalue weighted by atomic mass is 9.94. The third kappa shape index (κ3) is 4.18. The lowest BCUT2D eigenvalue weighted by molar-refractivity contribution is -0.141. The molecule has 0 aliphatic carbocycles. The highest BCUT2D eigenvalue weighted by atomic mass is 19.4. The molecule has 2 aromatic heterocycles. The number of fused-ring (bicyclic) bond motifs is 3. The van der Waals surface area contributed by atoms with Crippen molar-refractivity contribution in [3.05, 3.63) is 64.9 Å². The minimum Gasteiger partial charge on any atom is -0.357 e. The Balaban J connectivity index is 1.49. The first-order valence-corrected chi connectivity index (χ1v) is 10.6. The highest BCUT2D eigenvalue weighted by Gasteiger charge is 2.34. The number of carbonyl (C=O) groups excluding carboxylic acids is 1. The van der Waals surface area contributed by atoms with Gasteiger partial charge in [-0.3, -0.25) is 14.8 Å². The summed E-state index contributed by atoms with van der Waals surface area (Å²) in [5.41, 5.74) is 2.13. The van der Waals surface area contributed by atoms with E-state index in [9.17, 15) is 18.0 Å². The van der Waals surface area contributed by atoms with E-state index in [0.717, 1.165) is 40.1 Å². The van der Waals surface area contributed by atoms with Gasteiger partial charge in [0.15, 0.2) is 5.69 Å². The molecule has 4 heterocycles. The van der Waals surface area contributed by atoms with Crippen molar-refractivity contribution in [1.29, 1.82) is 0 Å². The van der Waals surface area contributed by atoms with Gasteiger partial charge in [0.1, 0.15) is 17.3 Å². The predicted octanol–water partition coefficient (Wildman–Crippen LogP) is 3.66. The summed E-state index contributed by atoms with van der Waals surface area (Å²) in [5.74, 6) is 1.22. The number of hydrogen-bond acceptors (Lipinski definition) is 8. The number of nitrogens with zero attached hydrogens (tertiary/aromatic N) is 6. The van der Waals surface area contributed by atoms with Gasteiger partial charge in [-0.1, -0.05) is 6.07 Å². The first-order chi connectivity index (χ1) is 16.7. The van der Waals surface area contributed by atoms with Crippen molar-refractivity contribution >= 4 is 40.8 Å². The van der Waals surface area contributed by atoms with Crippen LogP contribution in [0.1, 0.15) is 32.9 Å². The van der Waals surface area contributed by atoms with Crippen molar-refractivity contribution in [2.75, 3.05) is 35.7 Å². The van der Waals surface area contributed by atoms with E-state index in [1.165, 1.54) is 0 Å². The van der Waals surface area contributed by atoms with Crippen molar-refractivity contribution in [3.8, 4) is 0 Å². The summed E-state index contributed by atoms with van der Waals surface area (Å²) in [6.45, 7) is 3.20. The van der Waals surface area contributed by atoms with Gasteiger partial charge < -0.3 is 15.5 Å². The molecule has 178 valence electrons. The fourth-order valence-electron chi connectivity index (χ4n) is 3.92. The second-order valence-corrected chi connectivity index (χ2v) is 7.91. The van der Waals surface area contributed by atoms with Gasteiger partial charge in [0.05, 0.1) is 18.9 Å². The maximum absolute atomic E-state index is 12.9. The summed E-state index contributed by atoms with van der Waals surface area (Å²) >= 11 is 0. The predicted molar refractivity (Wildman–Crippen MR) is 125 cm³/mol. The molecule has 2 aliphatic rings. The van der Waals surface area contributed by atoms with Crippen molar-refractivity contribution in [3.63, 3.8) is 0 Å². The van der Waals surface area contributed by atoms with Crippen LogP contribution in [0.3, 0.4) is 0 Å². The van der Waals surface area contributed by atoms with Crippen LogP contribution >= 0.6 is 0 Å². The van der Waals surface area contributed by atoms with Gasteiger partial charge in [0, 0.05) is 36.6 Å². The molecule has 12 heteroatoms. The molecule has 0 radical (unpaired) electrons. The average Bonchev–Trinajstić information content (AvgIpc) is 3.34. The van der Waals surface area contributed by atoms with Crippen LogP contribution in [0.5, 0.6) is 0 Å². The zero-order chi connectivity index (χ0) is 24.7. The summed E-state index contributed by atoms with van der Waals surface area (Å²) in [7, 11) is 1.75. The monoisotopic (exact) mass is 480 g/mol. The van der Waals surface area contributed by atoms with Gasteiger partial charge in [-0.15, -0.1) is 0 Å². The number of aliphatic imine (C=N–C) groups is 1. The molecule has 0 bridgehead atoms. The minimum absolute atomic E-state index is 0.397. The number of hydrogen-bond donors (Lipinski definition) is 2. The molecule has 0 saturated heterocycles. The summed E-state index contributed by atoms with van der Waals surface area (Å²) in [6, 6.07) is 5.25. The number of carbonyl (C=O) groups is 1. The number of nitrogens with one attached hydrogen (secondary N) is 2. The fraction of sp³-hybridized carbons (Fsp3) is 0.217. The first-order valence-electron chi connectivity index (χ1n) is 10.6. The maximum Gasteiger partial charge on any atom is 0.434 e. The lowest BCUT2D eigenvalue weighted by Crippen LogP contribution is -2.32. The number of alkyl halides is 3. The fourth-order valence-corrected chi connectivity index (χ4v) is 3.92. The van der Waals surface area contributed by atoms with Gasteiger partial charge >= 0.3 is 6.18 Å². The zero-order valence-electron chi connectivity index (χ0n) is 18.7. The van der Waals surface area contributed by atoms with Crippen LogP contribution in [0.4, 0.5) is 30.6 Å². The van der Waals surface area contributed by atoms with Gasteiger partial charge in [-0.2, -0.15) is 18.2 Å². The van der Waals surface area contributed by atoms with Gasteiger partial charge in [0.25, 0.3) is 5.91 Å². The summed E-state index contributed by atoms with van der Waals surface area (Å²) in [5, 5.41) is 5.55. The van der Waals surface area contributed by atoms with Crippen LogP contribution in [0, 0.1) is 6.92 Å². The van der Waals surface area contributed by atoms with Crippen LogP contribution in [-0.4, -0.2) is 51.8 Å². The molecular formula is C23H19F3N8O. The van der Waals surface area contributed by atoms with E-state index >= 15 is 0 Å². The number of aromatic nitrogens is 4. The Hall–Kier alpha value is -4.35. The molecule has 0 fully saturated rings. The molecule has 35 heavy (non-hydrogen) atoms. The third-order valence-corrected chi connectivity index (χ3v) is 5.60. The largest absolute Gasteiger partial charge is 0.434 e. The number of aryl methyl sites for hydroxylation is 1. The zero-order valence-corrected chi connectivity index (χ0v) is 18.7. The molecule has 0 unspecified atom stereocenters. The SMILES string of the molecule is CNc1ncc2c(n1)N1CCN=C1C(c1cc(NC(=O)c3cncc(C(F)(F)F)n3)ccc1C)=C2. The molecule has 1 amide bonds. The molecule has 0 atom stereocenters. The van der Waals surface area contributed by atoms with Crippen molar-refractivity contribution in [2.24, 2.45) is 4.99 Å². The molecule has 2 N–H and O–H groups in total. The summed E-state index contributed by atoms with van der Waals surface area (Å²) in [6.07, 6.45) is 0.546. The van der Waals surface area contributed by atoms with Crippen LogP contribution in [0.25, 0.3) is 11.6 Å². The Labute approximate surface area is 197 Å². The van der Waals surface area contributed by atoms with E-state index in [1.807, 2.05) is 24.0 Å². The molecule has 3 aromatic rings. The number of rotatable bonds is 4. The lowest BCUT2D eigenvalue weighted by Gasteiger charge is -2.28. The second-order valence-electron chi connectivity index (χ2n) is 7.91. The second kappa shape index (κ2) is 8.46.